The average molecular weight is 317 g/mol. The van der Waals surface area contributed by atoms with E-state index in [1.165, 1.54) is 19.3 Å². The van der Waals surface area contributed by atoms with Crippen LogP contribution in [-0.4, -0.2) is 5.91 Å². The van der Waals surface area contributed by atoms with Crippen LogP contribution in [0.15, 0.2) is 66.7 Å². The molecule has 1 amide bonds. The Morgan fingerprint density at radius 2 is 1.46 bits per heavy atom. The molecule has 0 radical (unpaired) electrons. The van der Waals surface area contributed by atoms with Crippen LogP contribution in [0.1, 0.15) is 43.2 Å². The zero-order valence-corrected chi connectivity index (χ0v) is 13.9. The van der Waals surface area contributed by atoms with Gasteiger partial charge in [-0.2, -0.15) is 0 Å². The molecule has 2 aromatic rings. The van der Waals surface area contributed by atoms with Crippen molar-refractivity contribution in [3.8, 4) is 0 Å². The van der Waals surface area contributed by atoms with E-state index in [9.17, 15) is 4.79 Å². The molecule has 2 aliphatic rings. The van der Waals surface area contributed by atoms with Gasteiger partial charge in [0.05, 0.1) is 5.41 Å². The lowest BCUT2D eigenvalue weighted by molar-refractivity contribution is -0.125. The van der Waals surface area contributed by atoms with E-state index in [2.05, 4.69) is 35.7 Å². The van der Waals surface area contributed by atoms with E-state index < -0.39 is 5.41 Å². The molecular formula is C22H23NO. The van der Waals surface area contributed by atoms with Gasteiger partial charge in [-0.25, -0.2) is 0 Å². The van der Waals surface area contributed by atoms with E-state index in [0.717, 1.165) is 29.7 Å². The maximum Gasteiger partial charge on any atom is 0.239 e. The molecule has 2 nitrogen and oxygen atoms in total. The van der Waals surface area contributed by atoms with Gasteiger partial charge in [0.25, 0.3) is 0 Å². The molecule has 1 heterocycles. The van der Waals surface area contributed by atoms with Crippen molar-refractivity contribution in [2.45, 2.75) is 37.5 Å². The molecular weight excluding hydrogens is 294 g/mol. The van der Waals surface area contributed by atoms with Crippen molar-refractivity contribution < 1.29 is 4.79 Å². The topological polar surface area (TPSA) is 29.1 Å². The van der Waals surface area contributed by atoms with Crippen molar-refractivity contribution in [2.24, 2.45) is 5.92 Å². The fraction of sp³-hybridized carbons (Fsp3) is 0.318. The van der Waals surface area contributed by atoms with Crippen LogP contribution in [0.25, 0.3) is 5.70 Å². The van der Waals surface area contributed by atoms with Crippen LogP contribution in [-0.2, 0) is 10.2 Å². The summed E-state index contributed by atoms with van der Waals surface area (Å²) in [5.41, 5.74) is 2.64. The largest absolute Gasteiger partial charge is 0.325 e. The fourth-order valence-electron chi connectivity index (χ4n) is 4.35. The Hall–Kier alpha value is -2.35. The predicted octanol–water partition coefficient (Wildman–Crippen LogP) is 4.68. The molecule has 1 aliphatic heterocycles. The molecule has 1 N–H and O–H groups in total. The third kappa shape index (κ3) is 2.47. The average Bonchev–Trinajstić information content (AvgIpc) is 3.02. The van der Waals surface area contributed by atoms with Gasteiger partial charge in [0.2, 0.25) is 5.91 Å². The summed E-state index contributed by atoms with van der Waals surface area (Å²) in [6, 6.07) is 20.5. The number of hydrogen-bond acceptors (Lipinski definition) is 1. The second-order valence-electron chi connectivity index (χ2n) is 6.95. The number of carbonyl (C=O) groups is 1. The summed E-state index contributed by atoms with van der Waals surface area (Å²) in [5, 5.41) is 3.18. The maximum atomic E-state index is 13.2. The minimum absolute atomic E-state index is 0.138. The summed E-state index contributed by atoms with van der Waals surface area (Å²) < 4.78 is 0. The number of hydrogen-bond donors (Lipinski definition) is 1. The number of amides is 1. The number of nitrogens with one attached hydrogen (secondary N) is 1. The van der Waals surface area contributed by atoms with Crippen LogP contribution in [0.4, 0.5) is 0 Å². The highest BCUT2D eigenvalue weighted by atomic mass is 16.2. The molecule has 0 bridgehead atoms. The SMILES string of the molecule is O=C1NC(c2ccccc2)=CC1(c1ccccc1)C1CCCCC1. The molecule has 1 aliphatic carbocycles. The summed E-state index contributed by atoms with van der Waals surface area (Å²) >= 11 is 0. The Morgan fingerprint density at radius 3 is 2.12 bits per heavy atom. The van der Waals surface area contributed by atoms with E-state index in [0.29, 0.717) is 5.92 Å². The minimum Gasteiger partial charge on any atom is -0.325 e. The zero-order valence-electron chi connectivity index (χ0n) is 13.9. The van der Waals surface area contributed by atoms with Gasteiger partial charge < -0.3 is 5.32 Å². The van der Waals surface area contributed by atoms with Crippen LogP contribution in [0.2, 0.25) is 0 Å². The Labute approximate surface area is 143 Å². The highest BCUT2D eigenvalue weighted by Crippen LogP contribution is 2.46. The lowest BCUT2D eigenvalue weighted by atomic mass is 9.65. The zero-order chi connectivity index (χ0) is 16.4. The molecule has 24 heavy (non-hydrogen) atoms. The van der Waals surface area contributed by atoms with Crippen LogP contribution < -0.4 is 5.32 Å². The number of benzene rings is 2. The third-order valence-corrected chi connectivity index (χ3v) is 5.58. The van der Waals surface area contributed by atoms with E-state index in [1.54, 1.807) is 0 Å². The van der Waals surface area contributed by atoms with Gasteiger partial charge in [-0.3, -0.25) is 4.79 Å². The first-order valence-electron chi connectivity index (χ1n) is 8.96. The molecule has 4 rings (SSSR count). The fourth-order valence-corrected chi connectivity index (χ4v) is 4.35. The highest BCUT2D eigenvalue weighted by Gasteiger charge is 2.49. The number of carbonyl (C=O) groups excluding carboxylic acids is 1. The van der Waals surface area contributed by atoms with Gasteiger partial charge in [-0.1, -0.05) is 79.9 Å². The monoisotopic (exact) mass is 317 g/mol. The van der Waals surface area contributed by atoms with Crippen molar-refractivity contribution in [2.75, 3.05) is 0 Å². The molecule has 1 saturated carbocycles. The Balaban J connectivity index is 1.83. The molecule has 2 aromatic carbocycles. The van der Waals surface area contributed by atoms with Gasteiger partial charge in [-0.05, 0) is 36.0 Å². The Kier molecular flexibility index (Phi) is 3.97. The third-order valence-electron chi connectivity index (χ3n) is 5.58. The van der Waals surface area contributed by atoms with Crippen molar-refractivity contribution in [3.63, 3.8) is 0 Å². The summed E-state index contributed by atoms with van der Waals surface area (Å²) in [5.74, 6) is 0.523. The molecule has 1 fully saturated rings. The van der Waals surface area contributed by atoms with Gasteiger partial charge >= 0.3 is 0 Å². The van der Waals surface area contributed by atoms with E-state index in [4.69, 9.17) is 0 Å². The Morgan fingerprint density at radius 1 is 0.833 bits per heavy atom. The first-order chi connectivity index (χ1) is 11.8. The predicted molar refractivity (Wildman–Crippen MR) is 97.3 cm³/mol. The summed E-state index contributed by atoms with van der Waals surface area (Å²) in [6.45, 7) is 0. The van der Waals surface area contributed by atoms with Crippen LogP contribution in [0.3, 0.4) is 0 Å². The molecule has 0 spiro atoms. The van der Waals surface area contributed by atoms with E-state index >= 15 is 0 Å². The summed E-state index contributed by atoms with van der Waals surface area (Å²) in [7, 11) is 0. The molecule has 0 aromatic heterocycles. The van der Waals surface area contributed by atoms with Gasteiger partial charge in [0.15, 0.2) is 0 Å². The van der Waals surface area contributed by atoms with Gasteiger partial charge in [0.1, 0.15) is 0 Å². The molecule has 1 unspecified atom stereocenters. The highest BCUT2D eigenvalue weighted by molar-refractivity contribution is 6.03. The maximum absolute atomic E-state index is 13.2. The molecule has 0 saturated heterocycles. The summed E-state index contributed by atoms with van der Waals surface area (Å²) in [4.78, 5) is 13.2. The smallest absolute Gasteiger partial charge is 0.239 e. The van der Waals surface area contributed by atoms with Crippen molar-refractivity contribution in [3.05, 3.63) is 77.9 Å². The molecule has 122 valence electrons. The summed E-state index contributed by atoms with van der Waals surface area (Å²) in [6.07, 6.45) is 8.19. The lowest BCUT2D eigenvalue weighted by Gasteiger charge is -2.37. The lowest BCUT2D eigenvalue weighted by Crippen LogP contribution is -2.43. The molecule has 2 heteroatoms. The Bertz CT molecular complexity index is 744. The van der Waals surface area contributed by atoms with Crippen LogP contribution in [0.5, 0.6) is 0 Å². The first kappa shape index (κ1) is 15.2. The van der Waals surface area contributed by atoms with Crippen molar-refractivity contribution in [1.29, 1.82) is 0 Å². The standard InChI is InChI=1S/C22H23NO/c24-21-22(18-12-6-2-7-13-18,19-14-8-3-9-15-19)16-20(23-21)17-10-4-1-5-11-17/h1-2,4-7,10-13,16,19H,3,8-9,14-15H2,(H,23,24). The van der Waals surface area contributed by atoms with Crippen LogP contribution in [0, 0.1) is 5.92 Å². The second kappa shape index (κ2) is 6.27. The second-order valence-corrected chi connectivity index (χ2v) is 6.95. The van der Waals surface area contributed by atoms with Gasteiger partial charge in [-0.15, -0.1) is 0 Å². The number of rotatable bonds is 3. The molecule has 1 atom stereocenters. The van der Waals surface area contributed by atoms with Crippen molar-refractivity contribution >= 4 is 11.6 Å². The van der Waals surface area contributed by atoms with Crippen LogP contribution >= 0.6 is 0 Å². The van der Waals surface area contributed by atoms with E-state index in [1.807, 2.05) is 36.4 Å². The van der Waals surface area contributed by atoms with E-state index in [-0.39, 0.29) is 5.91 Å². The quantitative estimate of drug-likeness (QED) is 0.875. The normalized spacial score (nSPS) is 24.5. The van der Waals surface area contributed by atoms with Gasteiger partial charge in [0, 0.05) is 5.70 Å². The first-order valence-corrected chi connectivity index (χ1v) is 8.96. The van der Waals surface area contributed by atoms with Crippen molar-refractivity contribution in [1.82, 2.24) is 5.32 Å². The minimum atomic E-state index is -0.521.